The minimum Gasteiger partial charge on any atom is -0.370 e. The van der Waals surface area contributed by atoms with E-state index >= 15 is 0 Å². The number of Topliss-reactive ketones (excluding diaryl/α,β-unsaturated/α-hetero) is 4. The number of primary amides is 1. The van der Waals surface area contributed by atoms with Crippen LogP contribution in [0.2, 0.25) is 0 Å². The molecule has 540 valence electrons. The third kappa shape index (κ3) is 29.7. The summed E-state index contributed by atoms with van der Waals surface area (Å²) in [6.07, 6.45) is 4.99. The number of para-hydroxylation sites is 1. The van der Waals surface area contributed by atoms with Crippen molar-refractivity contribution in [3.63, 3.8) is 0 Å². The van der Waals surface area contributed by atoms with Crippen molar-refractivity contribution in [2.75, 3.05) is 57.8 Å². The van der Waals surface area contributed by atoms with Gasteiger partial charge in [0.15, 0.2) is 23.1 Å². The Morgan fingerprint density at radius 3 is 1.79 bits per heavy atom. The summed E-state index contributed by atoms with van der Waals surface area (Å²) in [5.41, 5.74) is 20.8. The molecule has 6 atom stereocenters. The number of hydrogen-bond donors (Lipinski definition) is 13. The Hall–Kier alpha value is -8.82. The number of nitrogens with one attached hydrogen (secondary N) is 10. The van der Waals surface area contributed by atoms with Gasteiger partial charge < -0.3 is 74.4 Å². The third-order valence-corrected chi connectivity index (χ3v) is 17.0. The summed E-state index contributed by atoms with van der Waals surface area (Å²) in [6.45, 7) is 15.4. The first kappa shape index (κ1) is 80.9. The molecule has 26 nitrogen and oxygen atoms in total. The maximum Gasteiger partial charge on any atom is 0.250 e. The molecule has 0 unspecified atom stereocenters. The van der Waals surface area contributed by atoms with Gasteiger partial charge in [0.1, 0.15) is 13.2 Å². The number of carbonyl (C=O) groups is 11. The molecule has 0 aliphatic heterocycles. The van der Waals surface area contributed by atoms with Crippen LogP contribution in [0.5, 0.6) is 0 Å². The number of H-pyrrole nitrogens is 2. The first-order valence-electron chi connectivity index (χ1n) is 34.5. The number of imidazole rings is 1. The highest BCUT2D eigenvalue weighted by Gasteiger charge is 2.35. The van der Waals surface area contributed by atoms with E-state index in [0.717, 1.165) is 29.3 Å². The normalized spacial score (nSPS) is 13.4. The minimum absolute atomic E-state index is 0.0116. The van der Waals surface area contributed by atoms with Crippen molar-refractivity contribution < 1.29 is 57.5 Å². The average molecular weight is 1370 g/mol. The Kier molecular flexibility index (Phi) is 35.0. The van der Waals surface area contributed by atoms with Crippen LogP contribution in [0.15, 0.2) is 97.6 Å². The highest BCUT2D eigenvalue weighted by molar-refractivity contribution is 5.98. The lowest BCUT2D eigenvalue weighted by molar-refractivity contribution is -0.136. The smallest absolute Gasteiger partial charge is 0.250 e. The van der Waals surface area contributed by atoms with Crippen LogP contribution in [0, 0.1) is 41.4 Å². The van der Waals surface area contributed by atoms with E-state index in [2.05, 4.69) is 85.2 Å². The van der Waals surface area contributed by atoms with Crippen LogP contribution in [-0.4, -0.2) is 156 Å². The molecule has 2 heterocycles. The van der Waals surface area contributed by atoms with Crippen molar-refractivity contribution in [2.45, 2.75) is 156 Å². The topological polar surface area (TPSA) is 416 Å². The summed E-state index contributed by atoms with van der Waals surface area (Å²) in [5.74, 6) is -8.01. The fourth-order valence-electron chi connectivity index (χ4n) is 11.9. The van der Waals surface area contributed by atoms with E-state index in [1.807, 2.05) is 24.3 Å². The number of carbonyl (C=O) groups excluding carboxylic acids is 11. The largest absolute Gasteiger partial charge is 0.370 e. The van der Waals surface area contributed by atoms with E-state index in [-0.39, 0.29) is 81.4 Å². The van der Waals surface area contributed by atoms with E-state index in [4.69, 9.17) is 21.9 Å². The molecule has 3 aromatic carbocycles. The second-order valence-corrected chi connectivity index (χ2v) is 26.9. The number of ether oxygens (including phenoxy) is 1. The summed E-state index contributed by atoms with van der Waals surface area (Å²) in [4.78, 5) is 162. The number of anilines is 1. The fourth-order valence-corrected chi connectivity index (χ4v) is 11.9. The fraction of sp³-hybridized carbons (Fsp3) is 0.534. The van der Waals surface area contributed by atoms with Gasteiger partial charge in [-0.15, -0.1) is 0 Å². The van der Waals surface area contributed by atoms with Gasteiger partial charge in [-0.3, -0.25) is 52.7 Å². The average Bonchev–Trinajstić information content (AvgIpc) is 1.78. The summed E-state index contributed by atoms with van der Waals surface area (Å²) in [5, 5.41) is 24.0. The Morgan fingerprint density at radius 1 is 0.556 bits per heavy atom. The van der Waals surface area contributed by atoms with Crippen molar-refractivity contribution in [2.24, 2.45) is 58.6 Å². The summed E-state index contributed by atoms with van der Waals surface area (Å²) in [7, 11) is 0. The maximum atomic E-state index is 14.7. The predicted octanol–water partition coefficient (Wildman–Crippen LogP) is 3.95. The molecule has 0 bridgehead atoms. The summed E-state index contributed by atoms with van der Waals surface area (Å²) < 4.78 is 5.49. The van der Waals surface area contributed by atoms with Crippen molar-refractivity contribution in [3.8, 4) is 0 Å². The molecule has 0 aliphatic rings. The monoisotopic (exact) mass is 1370 g/mol. The lowest BCUT2D eigenvalue weighted by Crippen LogP contribution is -2.49. The number of nitrogens with zero attached hydrogens (tertiary/aromatic N) is 1. The number of fused-ring (bicyclic) bond motifs is 1. The molecule has 16 N–H and O–H groups in total. The molecule has 7 amide bonds. The lowest BCUT2D eigenvalue weighted by atomic mass is 9.84. The van der Waals surface area contributed by atoms with Crippen LogP contribution in [0.3, 0.4) is 0 Å². The van der Waals surface area contributed by atoms with E-state index in [1.165, 1.54) is 13.3 Å². The predicted molar refractivity (Wildman–Crippen MR) is 379 cm³/mol. The van der Waals surface area contributed by atoms with Crippen LogP contribution in [0.4, 0.5) is 5.69 Å². The van der Waals surface area contributed by atoms with Crippen LogP contribution in [-0.2, 0) is 83.3 Å². The zero-order chi connectivity index (χ0) is 72.4. The number of ketones is 4. The van der Waals surface area contributed by atoms with Gasteiger partial charge in [0.05, 0.1) is 36.4 Å². The van der Waals surface area contributed by atoms with Crippen LogP contribution in [0.1, 0.15) is 129 Å². The van der Waals surface area contributed by atoms with Crippen LogP contribution >= 0.6 is 0 Å². The zero-order valence-corrected chi connectivity index (χ0v) is 58.5. The van der Waals surface area contributed by atoms with Gasteiger partial charge in [-0.2, -0.15) is 0 Å². The number of aromatic amines is 2. The van der Waals surface area contributed by atoms with E-state index in [0.29, 0.717) is 73.6 Å². The summed E-state index contributed by atoms with van der Waals surface area (Å²) in [6, 6.07) is 18.5. The van der Waals surface area contributed by atoms with Crippen molar-refractivity contribution in [1.29, 1.82) is 0 Å². The highest BCUT2D eigenvalue weighted by Crippen LogP contribution is 2.26. The van der Waals surface area contributed by atoms with Crippen molar-refractivity contribution in [3.05, 3.63) is 120 Å². The molecule has 0 saturated heterocycles. The molecule has 0 aliphatic carbocycles. The third-order valence-electron chi connectivity index (χ3n) is 17.0. The van der Waals surface area contributed by atoms with Crippen LogP contribution in [0.25, 0.3) is 10.9 Å². The number of rotatable bonds is 49. The van der Waals surface area contributed by atoms with Crippen molar-refractivity contribution >= 4 is 81.1 Å². The Labute approximate surface area is 580 Å². The van der Waals surface area contributed by atoms with Crippen LogP contribution < -0.4 is 59.7 Å². The molecule has 0 spiro atoms. The van der Waals surface area contributed by atoms with E-state index < -0.39 is 121 Å². The Bertz CT molecular complexity index is 3370. The van der Waals surface area contributed by atoms with E-state index in [1.54, 1.807) is 80.8 Å². The second kappa shape index (κ2) is 42.9. The van der Waals surface area contributed by atoms with Gasteiger partial charge in [-0.1, -0.05) is 109 Å². The van der Waals surface area contributed by atoms with Gasteiger partial charge >= 0.3 is 0 Å². The molecule has 99 heavy (non-hydrogen) atoms. The molecule has 0 radical (unpaired) electrons. The Morgan fingerprint density at radius 2 is 1.16 bits per heavy atom. The van der Waals surface area contributed by atoms with Gasteiger partial charge in [0, 0.05) is 144 Å². The number of hydrogen-bond acceptors (Lipinski definition) is 17. The number of amides is 7. The molecule has 2 aromatic heterocycles. The highest BCUT2D eigenvalue weighted by atomic mass is 16.5. The molecule has 0 fully saturated rings. The first-order valence-corrected chi connectivity index (χ1v) is 34.5. The number of benzene rings is 3. The molecule has 5 aromatic rings. The standard InChI is InChI=1S/C73H106N14O12/c1-45(2)29-51(30-46(3)4)33-64(90)61(36-56-41-79-44-82-56)84-67(93)24-22-62(88)70(47(5)6)87-71(96)48(7)31-63(89)60(34-53-40-80-58-16-12-11-15-57(53)58)86-73(98)52(19-23-66(76)92)35-65(91)59(32-49-13-9-8-10-14-49)85-69(95)43-99-42-68(94)83-55-20-17-50(18-21-55)37-81-72(97)54(38-77-27-25-74)39-78-28-26-75/h8-18,20-21,40-41,44-48,51-52,54,59-61,70,77-78,80H,19,22-39,42-43,74-75H2,1-7H3,(H2,76,92)(H,79,82)(H,81,97)(H,83,94)(H,84,93)(H,85,95)(H,86,98)(H,87,96)/t48-,52-,59-,60+,61+,70+/m1/s1. The molecular formula is C73H106N14O12. The lowest BCUT2D eigenvalue weighted by Gasteiger charge is -2.26. The van der Waals surface area contributed by atoms with Gasteiger partial charge in [-0.05, 0) is 84.2 Å². The molecule has 5 rings (SSSR count). The second-order valence-electron chi connectivity index (χ2n) is 26.9. The molecule has 26 heteroatoms. The minimum atomic E-state index is -1.28. The quantitative estimate of drug-likeness (QED) is 0.0245. The van der Waals surface area contributed by atoms with Gasteiger partial charge in [0.25, 0.3) is 0 Å². The van der Waals surface area contributed by atoms with Gasteiger partial charge in [-0.25, -0.2) is 4.98 Å². The van der Waals surface area contributed by atoms with Gasteiger partial charge in [0.2, 0.25) is 41.4 Å². The SMILES string of the molecule is CC(C)CC(CC(=O)[C@H](Cc1cnc[nH]1)NC(=O)CCC(=O)[C@@H](NC(=O)[C@H](C)CC(=O)[C@H](Cc1c[nH]c2ccccc12)NC(=O)[C@H](CCC(N)=O)CC(=O)[C@@H](Cc1ccccc1)NC(=O)COCC(=O)Nc1ccc(CNC(=O)C(CNCCN)CNCCN)cc1)C(C)C)CC(C)C. The van der Waals surface area contributed by atoms with Crippen molar-refractivity contribution in [1.82, 2.24) is 52.2 Å². The number of aromatic nitrogens is 3. The summed E-state index contributed by atoms with van der Waals surface area (Å²) >= 11 is 0. The Balaban J connectivity index is 1.23. The molecule has 0 saturated carbocycles. The zero-order valence-electron chi connectivity index (χ0n) is 58.5. The van der Waals surface area contributed by atoms with E-state index in [9.17, 15) is 52.7 Å². The molecular weight excluding hydrogens is 1260 g/mol. The number of nitrogens with two attached hydrogens (primary N) is 3. The first-order chi connectivity index (χ1) is 47.3. The maximum absolute atomic E-state index is 14.7.